The molecule has 3 aromatic rings. The Labute approximate surface area is 157 Å². The van der Waals surface area contributed by atoms with Gasteiger partial charge in [-0.1, -0.05) is 41.9 Å². The molecule has 0 atom stereocenters. The van der Waals surface area contributed by atoms with E-state index in [0.29, 0.717) is 23.2 Å². The Morgan fingerprint density at radius 3 is 2.46 bits per heavy atom. The van der Waals surface area contributed by atoms with Crippen molar-refractivity contribution in [3.05, 3.63) is 82.6 Å². The average Bonchev–Trinajstić information content (AvgIpc) is 2.66. The molecule has 0 bridgehead atoms. The number of hydrogen-bond donors (Lipinski definition) is 1. The Morgan fingerprint density at radius 1 is 1.08 bits per heavy atom. The van der Waals surface area contributed by atoms with Crippen LogP contribution in [-0.2, 0) is 6.54 Å². The zero-order chi connectivity index (χ0) is 18.5. The largest absolute Gasteiger partial charge is 0.350 e. The van der Waals surface area contributed by atoms with Gasteiger partial charge in [-0.05, 0) is 42.8 Å². The van der Waals surface area contributed by atoms with Gasteiger partial charge in [0, 0.05) is 30.0 Å². The Bertz CT molecular complexity index is 897. The third-order valence-corrected chi connectivity index (χ3v) is 4.14. The maximum Gasteiger partial charge on any atom is 0.276 e. The number of carbonyl (C=O) groups excluding carboxylic acids is 1. The number of aromatic nitrogens is 2. The molecule has 0 saturated carbocycles. The number of amides is 1. The number of nitrogens with one attached hydrogen (secondary N) is 1. The van der Waals surface area contributed by atoms with Crippen molar-refractivity contribution >= 4 is 29.1 Å². The molecule has 0 saturated heterocycles. The first-order valence-corrected chi connectivity index (χ1v) is 8.58. The van der Waals surface area contributed by atoms with E-state index in [1.165, 1.54) is 0 Å². The van der Waals surface area contributed by atoms with E-state index in [1.54, 1.807) is 18.0 Å². The first kappa shape index (κ1) is 17.9. The molecule has 26 heavy (non-hydrogen) atoms. The van der Waals surface area contributed by atoms with E-state index >= 15 is 0 Å². The smallest absolute Gasteiger partial charge is 0.276 e. The van der Waals surface area contributed by atoms with E-state index in [0.717, 1.165) is 16.9 Å². The summed E-state index contributed by atoms with van der Waals surface area (Å²) in [6.07, 6.45) is 0. The summed E-state index contributed by atoms with van der Waals surface area (Å²) < 4.78 is 0. The number of benzene rings is 2. The number of aryl methyl sites for hydroxylation is 1. The predicted octanol–water partition coefficient (Wildman–Crippen LogP) is 4.33. The summed E-state index contributed by atoms with van der Waals surface area (Å²) in [4.78, 5) is 23.1. The standard InChI is InChI=1S/C20H19ClN4O/c1-14-12-18(19(26)25(2)17-6-4-3-5-7-17)24-20(23-14)22-13-15-8-10-16(21)11-9-15/h3-12H,13H2,1-2H3,(H,22,23,24). The van der Waals surface area contributed by atoms with Crippen molar-refractivity contribution in [2.45, 2.75) is 13.5 Å². The van der Waals surface area contributed by atoms with Gasteiger partial charge in [-0.25, -0.2) is 9.97 Å². The zero-order valence-corrected chi connectivity index (χ0v) is 15.4. The molecule has 0 aliphatic carbocycles. The lowest BCUT2D eigenvalue weighted by Crippen LogP contribution is -2.27. The number of hydrogen-bond acceptors (Lipinski definition) is 4. The summed E-state index contributed by atoms with van der Waals surface area (Å²) in [6.45, 7) is 2.39. The molecule has 1 heterocycles. The molecule has 0 spiro atoms. The van der Waals surface area contributed by atoms with Gasteiger partial charge in [-0.2, -0.15) is 0 Å². The summed E-state index contributed by atoms with van der Waals surface area (Å²) in [5, 5.41) is 3.85. The van der Waals surface area contributed by atoms with Gasteiger partial charge >= 0.3 is 0 Å². The molecule has 0 aliphatic heterocycles. The van der Waals surface area contributed by atoms with Gasteiger partial charge < -0.3 is 10.2 Å². The van der Waals surface area contributed by atoms with Gasteiger partial charge in [0.1, 0.15) is 5.69 Å². The topological polar surface area (TPSA) is 58.1 Å². The Balaban J connectivity index is 1.76. The Hall–Kier alpha value is -2.92. The minimum atomic E-state index is -0.184. The SMILES string of the molecule is Cc1cc(C(=O)N(C)c2ccccc2)nc(NCc2ccc(Cl)cc2)n1. The van der Waals surface area contributed by atoms with Crippen LogP contribution in [0.2, 0.25) is 5.02 Å². The van der Waals surface area contributed by atoms with Crippen LogP contribution in [0.5, 0.6) is 0 Å². The van der Waals surface area contributed by atoms with Crippen LogP contribution in [0.25, 0.3) is 0 Å². The third-order valence-electron chi connectivity index (χ3n) is 3.89. The predicted molar refractivity (Wildman–Crippen MR) is 105 cm³/mol. The first-order chi connectivity index (χ1) is 12.5. The van der Waals surface area contributed by atoms with E-state index in [4.69, 9.17) is 11.6 Å². The van der Waals surface area contributed by atoms with Crippen molar-refractivity contribution in [1.29, 1.82) is 0 Å². The lowest BCUT2D eigenvalue weighted by atomic mass is 10.2. The molecular formula is C20H19ClN4O. The van der Waals surface area contributed by atoms with E-state index in [2.05, 4.69) is 15.3 Å². The fraction of sp³-hybridized carbons (Fsp3) is 0.150. The van der Waals surface area contributed by atoms with Gasteiger partial charge in [0.05, 0.1) is 0 Å². The fourth-order valence-corrected chi connectivity index (χ4v) is 2.61. The average molecular weight is 367 g/mol. The van der Waals surface area contributed by atoms with Crippen molar-refractivity contribution in [3.8, 4) is 0 Å². The van der Waals surface area contributed by atoms with Crippen LogP contribution in [-0.4, -0.2) is 22.9 Å². The van der Waals surface area contributed by atoms with Crippen LogP contribution < -0.4 is 10.2 Å². The second-order valence-corrected chi connectivity index (χ2v) is 6.33. The molecule has 2 aromatic carbocycles. The lowest BCUT2D eigenvalue weighted by molar-refractivity contribution is 0.0988. The maximum absolute atomic E-state index is 12.8. The summed E-state index contributed by atoms with van der Waals surface area (Å²) in [7, 11) is 1.73. The number of carbonyl (C=O) groups is 1. The molecular weight excluding hydrogens is 348 g/mol. The highest BCUT2D eigenvalue weighted by Gasteiger charge is 2.16. The number of para-hydroxylation sites is 1. The van der Waals surface area contributed by atoms with Gasteiger partial charge in [-0.3, -0.25) is 4.79 Å². The summed E-state index contributed by atoms with van der Waals surface area (Å²) in [5.41, 5.74) is 2.93. The van der Waals surface area contributed by atoms with Gasteiger partial charge in [-0.15, -0.1) is 0 Å². The molecule has 0 radical (unpaired) electrons. The molecule has 132 valence electrons. The van der Waals surface area contributed by atoms with Gasteiger partial charge in [0.15, 0.2) is 0 Å². The highest BCUT2D eigenvalue weighted by Crippen LogP contribution is 2.16. The zero-order valence-electron chi connectivity index (χ0n) is 14.6. The molecule has 1 N–H and O–H groups in total. The van der Waals surface area contributed by atoms with Crippen molar-refractivity contribution in [1.82, 2.24) is 9.97 Å². The van der Waals surface area contributed by atoms with Crippen molar-refractivity contribution in [3.63, 3.8) is 0 Å². The molecule has 1 amide bonds. The normalized spacial score (nSPS) is 10.4. The third kappa shape index (κ3) is 4.37. The van der Waals surface area contributed by atoms with Crippen molar-refractivity contribution in [2.24, 2.45) is 0 Å². The molecule has 0 fully saturated rings. The van der Waals surface area contributed by atoms with Crippen LogP contribution in [0, 0.1) is 6.92 Å². The van der Waals surface area contributed by atoms with Gasteiger partial charge in [0.2, 0.25) is 5.95 Å². The lowest BCUT2D eigenvalue weighted by Gasteiger charge is -2.17. The molecule has 5 nitrogen and oxygen atoms in total. The Morgan fingerprint density at radius 2 is 1.77 bits per heavy atom. The minimum absolute atomic E-state index is 0.184. The number of rotatable bonds is 5. The van der Waals surface area contributed by atoms with E-state index in [9.17, 15) is 4.79 Å². The summed E-state index contributed by atoms with van der Waals surface area (Å²) >= 11 is 5.90. The number of anilines is 2. The molecule has 6 heteroatoms. The summed E-state index contributed by atoms with van der Waals surface area (Å²) in [6, 6.07) is 18.7. The second kappa shape index (κ2) is 7.97. The van der Waals surface area contributed by atoms with E-state index in [-0.39, 0.29) is 5.91 Å². The van der Waals surface area contributed by atoms with Crippen LogP contribution in [0.3, 0.4) is 0 Å². The van der Waals surface area contributed by atoms with Crippen LogP contribution in [0.15, 0.2) is 60.7 Å². The monoisotopic (exact) mass is 366 g/mol. The highest BCUT2D eigenvalue weighted by atomic mass is 35.5. The second-order valence-electron chi connectivity index (χ2n) is 5.90. The molecule has 0 aliphatic rings. The minimum Gasteiger partial charge on any atom is -0.350 e. The van der Waals surface area contributed by atoms with Crippen LogP contribution in [0.1, 0.15) is 21.7 Å². The Kier molecular flexibility index (Phi) is 5.49. The van der Waals surface area contributed by atoms with E-state index < -0.39 is 0 Å². The van der Waals surface area contributed by atoms with Crippen LogP contribution in [0.4, 0.5) is 11.6 Å². The molecule has 1 aromatic heterocycles. The number of nitrogens with zero attached hydrogens (tertiary/aromatic N) is 3. The summed E-state index contributed by atoms with van der Waals surface area (Å²) in [5.74, 6) is 0.237. The van der Waals surface area contributed by atoms with Crippen molar-refractivity contribution in [2.75, 3.05) is 17.3 Å². The maximum atomic E-state index is 12.8. The molecule has 0 unspecified atom stereocenters. The molecule has 3 rings (SSSR count). The number of halogens is 1. The van der Waals surface area contributed by atoms with Gasteiger partial charge in [0.25, 0.3) is 5.91 Å². The quantitative estimate of drug-likeness (QED) is 0.730. The van der Waals surface area contributed by atoms with Crippen LogP contribution >= 0.6 is 11.6 Å². The van der Waals surface area contributed by atoms with E-state index in [1.807, 2.05) is 61.5 Å². The fourth-order valence-electron chi connectivity index (χ4n) is 2.48. The first-order valence-electron chi connectivity index (χ1n) is 8.20. The highest BCUT2D eigenvalue weighted by molar-refractivity contribution is 6.30. The van der Waals surface area contributed by atoms with Crippen molar-refractivity contribution < 1.29 is 4.79 Å².